The van der Waals surface area contributed by atoms with Crippen LogP contribution in [0.4, 0.5) is 0 Å². The largest absolute Gasteiger partial charge is 0.466 e. The molecule has 9 nitrogen and oxygen atoms in total. The van der Waals surface area contributed by atoms with Crippen molar-refractivity contribution in [2.75, 3.05) is 59.1 Å². The molecule has 0 radical (unpaired) electrons. The van der Waals surface area contributed by atoms with Gasteiger partial charge in [-0.05, 0) is 59.5 Å². The standard InChI is InChI=1S/C13H23NO4.C11H17NO3.ClH/c1-3-17-12(15)7-9-14-8-5-6-11(10-14)13(16)18-4-2;1-2-15-11(14)9-7-12-5-3-4-8(6-12)10(9)13;/h11H,3-10H2,1-2H3;8-9H,2-7H2,1H3;1H. The second-order valence-electron chi connectivity index (χ2n) is 8.75. The molecule has 34 heavy (non-hydrogen) atoms. The van der Waals surface area contributed by atoms with E-state index in [1.807, 2.05) is 6.92 Å². The molecule has 0 aromatic rings. The van der Waals surface area contributed by atoms with Gasteiger partial charge in [0.05, 0.1) is 32.2 Å². The Hall–Kier alpha value is -1.71. The van der Waals surface area contributed by atoms with Gasteiger partial charge in [-0.2, -0.15) is 0 Å². The fourth-order valence-electron chi connectivity index (χ4n) is 4.71. The van der Waals surface area contributed by atoms with E-state index in [0.29, 0.717) is 45.9 Å². The van der Waals surface area contributed by atoms with Crippen LogP contribution in [0.25, 0.3) is 0 Å². The van der Waals surface area contributed by atoms with Crippen LogP contribution >= 0.6 is 12.4 Å². The highest BCUT2D eigenvalue weighted by atomic mass is 35.5. The first-order valence-electron chi connectivity index (χ1n) is 12.4. The fraction of sp³-hybridized carbons (Fsp3) is 0.833. The van der Waals surface area contributed by atoms with E-state index in [4.69, 9.17) is 14.2 Å². The average molecular weight is 505 g/mol. The maximum Gasteiger partial charge on any atom is 0.317 e. The van der Waals surface area contributed by atoms with Crippen molar-refractivity contribution >= 4 is 36.1 Å². The smallest absolute Gasteiger partial charge is 0.317 e. The van der Waals surface area contributed by atoms with Gasteiger partial charge in [-0.1, -0.05) is 0 Å². The maximum absolute atomic E-state index is 11.9. The Morgan fingerprint density at radius 2 is 1.50 bits per heavy atom. The molecule has 4 atom stereocenters. The topological polar surface area (TPSA) is 102 Å². The monoisotopic (exact) mass is 504 g/mol. The van der Waals surface area contributed by atoms with E-state index in [1.54, 1.807) is 13.8 Å². The van der Waals surface area contributed by atoms with Gasteiger partial charge in [-0.15, -0.1) is 12.4 Å². The number of likely N-dealkylation sites (tertiary alicyclic amines) is 1. The predicted molar refractivity (Wildman–Crippen MR) is 129 cm³/mol. The molecule has 10 heteroatoms. The van der Waals surface area contributed by atoms with Crippen molar-refractivity contribution in [1.29, 1.82) is 0 Å². The molecule has 0 amide bonds. The minimum atomic E-state index is -0.524. The minimum Gasteiger partial charge on any atom is -0.466 e. The molecule has 0 saturated carbocycles. The number of hydrogen-bond acceptors (Lipinski definition) is 9. The van der Waals surface area contributed by atoms with E-state index in [-0.39, 0.29) is 47.9 Å². The average Bonchev–Trinajstić information content (AvgIpc) is 2.81. The zero-order valence-corrected chi connectivity index (χ0v) is 21.6. The first-order chi connectivity index (χ1) is 15.9. The number of fused-ring (bicyclic) bond motifs is 2. The number of piperidine rings is 3. The summed E-state index contributed by atoms with van der Waals surface area (Å²) >= 11 is 0. The molecule has 0 spiro atoms. The Kier molecular flexibility index (Phi) is 14.3. The molecule has 3 rings (SSSR count). The van der Waals surface area contributed by atoms with Crippen molar-refractivity contribution in [3.05, 3.63) is 0 Å². The van der Waals surface area contributed by atoms with Gasteiger partial charge in [0.15, 0.2) is 5.78 Å². The number of rotatable bonds is 8. The van der Waals surface area contributed by atoms with Gasteiger partial charge in [0.2, 0.25) is 0 Å². The highest BCUT2D eigenvalue weighted by molar-refractivity contribution is 6.01. The van der Waals surface area contributed by atoms with Crippen LogP contribution in [0.15, 0.2) is 0 Å². The van der Waals surface area contributed by atoms with E-state index in [2.05, 4.69) is 9.80 Å². The third-order valence-corrected chi connectivity index (χ3v) is 6.33. The molecule has 4 unspecified atom stereocenters. The molecule has 3 heterocycles. The van der Waals surface area contributed by atoms with Crippen molar-refractivity contribution in [1.82, 2.24) is 9.80 Å². The summed E-state index contributed by atoms with van der Waals surface area (Å²) in [5.41, 5.74) is 0. The fourth-order valence-corrected chi connectivity index (χ4v) is 4.71. The number of hydrogen-bond donors (Lipinski definition) is 0. The lowest BCUT2D eigenvalue weighted by atomic mass is 9.82. The van der Waals surface area contributed by atoms with Crippen LogP contribution < -0.4 is 0 Å². The SMILES string of the molecule is CCOC(=O)C1CN2CCCC(C2)C1=O.CCOC(=O)CCN1CCCC(C(=O)OCC)C1.Cl. The Balaban J connectivity index is 0.000000334. The first-order valence-corrected chi connectivity index (χ1v) is 12.4. The molecule has 3 aliphatic heterocycles. The van der Waals surface area contributed by atoms with Gasteiger partial charge in [0, 0.05) is 32.1 Å². The van der Waals surface area contributed by atoms with Crippen LogP contribution in [0.3, 0.4) is 0 Å². The zero-order valence-electron chi connectivity index (χ0n) is 20.8. The van der Waals surface area contributed by atoms with Crippen molar-refractivity contribution in [3.8, 4) is 0 Å². The van der Waals surface area contributed by atoms with Crippen molar-refractivity contribution in [2.24, 2.45) is 17.8 Å². The normalized spacial score (nSPS) is 26.3. The van der Waals surface area contributed by atoms with E-state index < -0.39 is 5.92 Å². The van der Waals surface area contributed by atoms with E-state index in [1.165, 1.54) is 0 Å². The van der Waals surface area contributed by atoms with Crippen LogP contribution in [-0.4, -0.2) is 92.6 Å². The number of carbonyl (C=O) groups excluding carboxylic acids is 4. The summed E-state index contributed by atoms with van der Waals surface area (Å²) < 4.78 is 14.9. The summed E-state index contributed by atoms with van der Waals surface area (Å²) in [5.74, 6) is -1.01. The van der Waals surface area contributed by atoms with Crippen molar-refractivity contribution in [2.45, 2.75) is 52.9 Å². The van der Waals surface area contributed by atoms with Crippen LogP contribution in [0, 0.1) is 17.8 Å². The first kappa shape index (κ1) is 30.3. The minimum absolute atomic E-state index is 0. The predicted octanol–water partition coefficient (Wildman–Crippen LogP) is 2.10. The van der Waals surface area contributed by atoms with Gasteiger partial charge < -0.3 is 24.0 Å². The number of esters is 3. The highest BCUT2D eigenvalue weighted by Crippen LogP contribution is 2.27. The molecule has 3 fully saturated rings. The second kappa shape index (κ2) is 16.1. The van der Waals surface area contributed by atoms with Gasteiger partial charge in [0.1, 0.15) is 5.92 Å². The zero-order chi connectivity index (χ0) is 24.2. The molecule has 0 aromatic carbocycles. The second-order valence-corrected chi connectivity index (χ2v) is 8.75. The summed E-state index contributed by atoms with van der Waals surface area (Å²) in [6.45, 7) is 11.3. The van der Waals surface area contributed by atoms with Gasteiger partial charge in [-0.3, -0.25) is 19.2 Å². The molecule has 2 bridgehead atoms. The molecule has 0 aromatic heterocycles. The highest BCUT2D eigenvalue weighted by Gasteiger charge is 2.41. The third kappa shape index (κ3) is 9.50. The van der Waals surface area contributed by atoms with Crippen molar-refractivity contribution < 1.29 is 33.4 Å². The third-order valence-electron chi connectivity index (χ3n) is 6.33. The summed E-state index contributed by atoms with van der Waals surface area (Å²) in [6.07, 6.45) is 4.27. The van der Waals surface area contributed by atoms with Gasteiger partial charge in [-0.25, -0.2) is 0 Å². The molecular weight excluding hydrogens is 464 g/mol. The van der Waals surface area contributed by atoms with Gasteiger partial charge in [0.25, 0.3) is 0 Å². The van der Waals surface area contributed by atoms with Crippen molar-refractivity contribution in [3.63, 3.8) is 0 Å². The summed E-state index contributed by atoms with van der Waals surface area (Å²) in [5, 5.41) is 0. The number of ether oxygens (including phenoxy) is 3. The van der Waals surface area contributed by atoms with Crippen LogP contribution in [-0.2, 0) is 33.4 Å². The molecule has 3 saturated heterocycles. The molecular formula is C24H41ClN2O7. The number of nitrogens with zero attached hydrogens (tertiary/aromatic N) is 2. The van der Waals surface area contributed by atoms with Gasteiger partial charge >= 0.3 is 17.9 Å². The van der Waals surface area contributed by atoms with Crippen LogP contribution in [0.1, 0.15) is 52.9 Å². The van der Waals surface area contributed by atoms with E-state index in [0.717, 1.165) is 45.3 Å². The maximum atomic E-state index is 11.9. The lowest BCUT2D eigenvalue weighted by molar-refractivity contribution is -0.157. The van der Waals surface area contributed by atoms with E-state index >= 15 is 0 Å². The summed E-state index contributed by atoms with van der Waals surface area (Å²) in [4.78, 5) is 50.7. The molecule has 196 valence electrons. The number of halogens is 1. The quantitative estimate of drug-likeness (QED) is 0.279. The Morgan fingerprint density at radius 1 is 0.853 bits per heavy atom. The molecule has 3 aliphatic rings. The Labute approximate surface area is 209 Å². The lowest BCUT2D eigenvalue weighted by Crippen LogP contribution is -2.52. The lowest BCUT2D eigenvalue weighted by Gasteiger charge is -2.39. The van der Waals surface area contributed by atoms with Crippen LogP contribution in [0.2, 0.25) is 0 Å². The molecule has 0 aliphatic carbocycles. The number of Topliss-reactive ketones (excluding diaryl/α,β-unsaturated/α-hetero) is 1. The van der Waals surface area contributed by atoms with Crippen LogP contribution in [0.5, 0.6) is 0 Å². The number of ketones is 1. The van der Waals surface area contributed by atoms with E-state index in [9.17, 15) is 19.2 Å². The summed E-state index contributed by atoms with van der Waals surface area (Å²) in [7, 11) is 0. The Morgan fingerprint density at radius 3 is 2.18 bits per heavy atom. The number of carbonyl (C=O) groups is 4. The molecule has 0 N–H and O–H groups in total. The Bertz CT molecular complexity index is 676. The summed E-state index contributed by atoms with van der Waals surface area (Å²) in [6, 6.07) is 0.